The molecule has 1 heterocycles. The van der Waals surface area contributed by atoms with Gasteiger partial charge in [0.05, 0.1) is 4.90 Å². The molecule has 0 aromatic heterocycles. The predicted molar refractivity (Wildman–Crippen MR) is 83.8 cm³/mol. The van der Waals surface area contributed by atoms with Gasteiger partial charge in [-0.1, -0.05) is 17.7 Å². The van der Waals surface area contributed by atoms with Crippen molar-refractivity contribution in [3.8, 4) is 0 Å². The number of hydrogen-bond acceptors (Lipinski definition) is 3. The summed E-state index contributed by atoms with van der Waals surface area (Å²) in [5, 5.41) is 3.31. The molecule has 2 N–H and O–H groups in total. The van der Waals surface area contributed by atoms with Gasteiger partial charge in [-0.2, -0.15) is 0 Å². The normalized spacial score (nSPS) is 21.0. The van der Waals surface area contributed by atoms with Gasteiger partial charge in [0.2, 0.25) is 10.0 Å². The predicted octanol–water partition coefficient (Wildman–Crippen LogP) is 2.08. The van der Waals surface area contributed by atoms with Gasteiger partial charge in [0.1, 0.15) is 0 Å². The highest BCUT2D eigenvalue weighted by Gasteiger charge is 2.24. The van der Waals surface area contributed by atoms with Crippen molar-refractivity contribution < 1.29 is 8.42 Å². The quantitative estimate of drug-likeness (QED) is 0.893. The maximum absolute atomic E-state index is 12.3. The van der Waals surface area contributed by atoms with E-state index in [0.717, 1.165) is 31.5 Å². The highest BCUT2D eigenvalue weighted by molar-refractivity contribution is 7.89. The lowest BCUT2D eigenvalue weighted by Gasteiger charge is -2.28. The Kier molecular flexibility index (Phi) is 6.45. The molecule has 0 spiro atoms. The minimum absolute atomic E-state index is 0. The molecule has 2 rings (SSSR count). The van der Waals surface area contributed by atoms with Crippen molar-refractivity contribution in [2.24, 2.45) is 5.92 Å². The van der Waals surface area contributed by atoms with E-state index in [1.54, 1.807) is 12.1 Å². The number of benzene rings is 1. The fourth-order valence-corrected chi connectivity index (χ4v) is 3.74. The first-order chi connectivity index (χ1) is 8.99. The van der Waals surface area contributed by atoms with Gasteiger partial charge in [0.15, 0.2) is 0 Å². The van der Waals surface area contributed by atoms with Crippen LogP contribution < -0.4 is 10.0 Å². The topological polar surface area (TPSA) is 58.2 Å². The second-order valence-electron chi connectivity index (χ2n) is 5.33. The number of hydrogen-bond donors (Lipinski definition) is 2. The second-order valence-corrected chi connectivity index (χ2v) is 7.04. The minimum atomic E-state index is -3.40. The first-order valence-electron chi connectivity index (χ1n) is 6.79. The summed E-state index contributed by atoms with van der Waals surface area (Å²) in [5.74, 6) is 0.369. The molecule has 6 heteroatoms. The molecule has 1 aliphatic heterocycles. The summed E-state index contributed by atoms with van der Waals surface area (Å²) in [6.07, 6.45) is 2.19. The highest BCUT2D eigenvalue weighted by Crippen LogP contribution is 2.17. The van der Waals surface area contributed by atoms with E-state index >= 15 is 0 Å². The van der Waals surface area contributed by atoms with E-state index in [1.807, 2.05) is 26.0 Å². The third-order valence-electron chi connectivity index (χ3n) is 3.71. The molecule has 1 saturated heterocycles. The van der Waals surface area contributed by atoms with Crippen molar-refractivity contribution in [3.63, 3.8) is 0 Å². The van der Waals surface area contributed by atoms with Crippen LogP contribution in [0.4, 0.5) is 0 Å². The van der Waals surface area contributed by atoms with Crippen molar-refractivity contribution in [2.75, 3.05) is 13.1 Å². The maximum atomic E-state index is 12.3. The van der Waals surface area contributed by atoms with Crippen LogP contribution in [0.25, 0.3) is 0 Å². The van der Waals surface area contributed by atoms with Crippen LogP contribution >= 0.6 is 12.4 Å². The maximum Gasteiger partial charge on any atom is 0.240 e. The smallest absolute Gasteiger partial charge is 0.240 e. The van der Waals surface area contributed by atoms with E-state index in [1.165, 1.54) is 0 Å². The molecule has 20 heavy (non-hydrogen) atoms. The Morgan fingerprint density at radius 3 is 2.50 bits per heavy atom. The molecule has 1 aromatic rings. The fraction of sp³-hybridized carbons (Fsp3) is 0.571. The Morgan fingerprint density at radius 2 is 1.95 bits per heavy atom. The first kappa shape index (κ1) is 17.4. The SMILES string of the molecule is Cc1ccc(S(=O)(=O)NC(C)C2CCCNC2)cc1.Cl. The molecule has 1 aliphatic rings. The number of rotatable bonds is 4. The van der Waals surface area contributed by atoms with Gasteiger partial charge in [-0.25, -0.2) is 13.1 Å². The van der Waals surface area contributed by atoms with Crippen LogP contribution in [0.3, 0.4) is 0 Å². The molecule has 114 valence electrons. The van der Waals surface area contributed by atoms with Crippen molar-refractivity contribution in [2.45, 2.75) is 37.6 Å². The second kappa shape index (κ2) is 7.41. The molecule has 2 atom stereocenters. The third-order valence-corrected chi connectivity index (χ3v) is 5.29. The lowest BCUT2D eigenvalue weighted by molar-refractivity contribution is 0.320. The Balaban J connectivity index is 0.00000200. The third kappa shape index (κ3) is 4.45. The molecule has 0 aliphatic carbocycles. The molecule has 2 unspecified atom stereocenters. The van der Waals surface area contributed by atoms with Crippen LogP contribution in [0.2, 0.25) is 0 Å². The summed E-state index contributed by atoms with van der Waals surface area (Å²) in [6, 6.07) is 6.91. The zero-order valence-electron chi connectivity index (χ0n) is 11.9. The van der Waals surface area contributed by atoms with Crippen molar-refractivity contribution in [3.05, 3.63) is 29.8 Å². The summed E-state index contributed by atoms with van der Waals surface area (Å²) >= 11 is 0. The van der Waals surface area contributed by atoms with E-state index in [0.29, 0.717) is 10.8 Å². The Bertz CT molecular complexity index is 510. The van der Waals surface area contributed by atoms with E-state index in [2.05, 4.69) is 10.0 Å². The van der Waals surface area contributed by atoms with Crippen molar-refractivity contribution >= 4 is 22.4 Å². The van der Waals surface area contributed by atoms with Crippen molar-refractivity contribution in [1.82, 2.24) is 10.0 Å². The Labute approximate surface area is 127 Å². The van der Waals surface area contributed by atoms with E-state index in [-0.39, 0.29) is 18.4 Å². The number of aryl methyl sites for hydroxylation is 1. The van der Waals surface area contributed by atoms with Gasteiger partial charge < -0.3 is 5.32 Å². The first-order valence-corrected chi connectivity index (χ1v) is 8.27. The Morgan fingerprint density at radius 1 is 1.30 bits per heavy atom. The lowest BCUT2D eigenvalue weighted by Crippen LogP contribution is -2.44. The average Bonchev–Trinajstić information content (AvgIpc) is 2.40. The summed E-state index contributed by atoms with van der Waals surface area (Å²) in [6.45, 7) is 5.81. The number of sulfonamides is 1. The molecular formula is C14H23ClN2O2S. The standard InChI is InChI=1S/C14H22N2O2S.ClH/c1-11-5-7-14(8-6-11)19(17,18)16-12(2)13-4-3-9-15-10-13;/h5-8,12-13,15-16H,3-4,9-10H2,1-2H3;1H. The summed E-state index contributed by atoms with van der Waals surface area (Å²) in [5.41, 5.74) is 1.06. The fourth-order valence-electron chi connectivity index (χ4n) is 2.43. The van der Waals surface area contributed by atoms with Crippen LogP contribution in [0.5, 0.6) is 0 Å². The number of nitrogens with one attached hydrogen (secondary N) is 2. The van der Waals surface area contributed by atoms with Crippen LogP contribution in [0.1, 0.15) is 25.3 Å². The van der Waals surface area contributed by atoms with Crippen molar-refractivity contribution in [1.29, 1.82) is 0 Å². The monoisotopic (exact) mass is 318 g/mol. The van der Waals surface area contributed by atoms with Gasteiger partial charge in [-0.15, -0.1) is 12.4 Å². The lowest BCUT2D eigenvalue weighted by atomic mass is 9.94. The van der Waals surface area contributed by atoms with Gasteiger partial charge in [-0.05, 0) is 57.8 Å². The van der Waals surface area contributed by atoms with E-state index < -0.39 is 10.0 Å². The van der Waals surface area contributed by atoms with Gasteiger partial charge in [0.25, 0.3) is 0 Å². The van der Waals surface area contributed by atoms with E-state index in [9.17, 15) is 8.42 Å². The average molecular weight is 319 g/mol. The highest BCUT2D eigenvalue weighted by atomic mass is 35.5. The van der Waals surface area contributed by atoms with Crippen LogP contribution in [0, 0.1) is 12.8 Å². The van der Waals surface area contributed by atoms with Gasteiger partial charge in [0, 0.05) is 6.04 Å². The zero-order valence-corrected chi connectivity index (χ0v) is 13.6. The number of halogens is 1. The summed E-state index contributed by atoms with van der Waals surface area (Å²) in [4.78, 5) is 0.341. The zero-order chi connectivity index (χ0) is 13.9. The molecule has 1 fully saturated rings. The van der Waals surface area contributed by atoms with E-state index in [4.69, 9.17) is 0 Å². The van der Waals surface area contributed by atoms with Crippen LogP contribution in [-0.2, 0) is 10.0 Å². The molecule has 1 aromatic carbocycles. The molecular weight excluding hydrogens is 296 g/mol. The molecule has 0 bridgehead atoms. The molecule has 0 saturated carbocycles. The van der Waals surface area contributed by atoms with Gasteiger partial charge in [-0.3, -0.25) is 0 Å². The number of piperidine rings is 1. The summed E-state index contributed by atoms with van der Waals surface area (Å²) in [7, 11) is -3.40. The van der Waals surface area contributed by atoms with Crippen LogP contribution in [-0.4, -0.2) is 27.5 Å². The Hall–Kier alpha value is -0.620. The molecule has 4 nitrogen and oxygen atoms in total. The molecule has 0 radical (unpaired) electrons. The largest absolute Gasteiger partial charge is 0.316 e. The minimum Gasteiger partial charge on any atom is -0.316 e. The molecule has 0 amide bonds. The van der Waals surface area contributed by atoms with Gasteiger partial charge >= 0.3 is 0 Å². The summed E-state index contributed by atoms with van der Waals surface area (Å²) < 4.78 is 27.3. The van der Waals surface area contributed by atoms with Crippen LogP contribution in [0.15, 0.2) is 29.2 Å².